The standard InChI is InChI=1S/C5H13NO.ClH/c1-4(2)5(6)3-7;/h4-5,7H,3,6H2,1-2H3;1H. The Bertz CT molecular complexity index is 49.7. The molecule has 3 N–H and O–H groups in total. The second kappa shape index (κ2) is 5.35. The first kappa shape index (κ1) is 11.1. The van der Waals surface area contributed by atoms with Gasteiger partial charge in [-0.25, -0.2) is 0 Å². The van der Waals surface area contributed by atoms with Crippen molar-refractivity contribution in [3.63, 3.8) is 0 Å². The van der Waals surface area contributed by atoms with Gasteiger partial charge < -0.3 is 10.8 Å². The van der Waals surface area contributed by atoms with Gasteiger partial charge in [-0.15, -0.1) is 12.4 Å². The highest BCUT2D eigenvalue weighted by molar-refractivity contribution is 5.85. The minimum Gasteiger partial charge on any atom is -0.395 e. The number of aliphatic hydroxyl groups is 1. The summed E-state index contributed by atoms with van der Waals surface area (Å²) in [5.41, 5.74) is 5.37. The summed E-state index contributed by atoms with van der Waals surface area (Å²) in [6.45, 7) is 4.07. The van der Waals surface area contributed by atoms with Crippen LogP contribution in [-0.4, -0.2) is 17.8 Å². The number of hydrogen-bond donors (Lipinski definition) is 2. The highest BCUT2D eigenvalue weighted by Crippen LogP contribution is 1.94. The highest BCUT2D eigenvalue weighted by Gasteiger charge is 2.02. The van der Waals surface area contributed by atoms with E-state index < -0.39 is 0 Å². The fraction of sp³-hybridized carbons (Fsp3) is 1.00. The van der Waals surface area contributed by atoms with Gasteiger partial charge in [0.2, 0.25) is 0 Å². The Labute approximate surface area is 56.5 Å². The molecule has 0 aliphatic heterocycles. The molecule has 0 aliphatic carbocycles. The molecular formula is C5H14ClNO. The number of aliphatic hydroxyl groups excluding tert-OH is 1. The van der Waals surface area contributed by atoms with Crippen molar-refractivity contribution in [2.45, 2.75) is 19.9 Å². The van der Waals surface area contributed by atoms with E-state index in [9.17, 15) is 0 Å². The molecular weight excluding hydrogens is 126 g/mol. The Hall–Kier alpha value is 0.210. The zero-order chi connectivity index (χ0) is 5.86. The third-order valence-corrected chi connectivity index (χ3v) is 1.07. The van der Waals surface area contributed by atoms with E-state index in [-0.39, 0.29) is 25.1 Å². The molecule has 1 unspecified atom stereocenters. The van der Waals surface area contributed by atoms with Gasteiger partial charge in [0, 0.05) is 6.04 Å². The van der Waals surface area contributed by atoms with Crippen molar-refractivity contribution in [2.75, 3.05) is 6.61 Å². The maximum atomic E-state index is 8.38. The molecule has 0 aromatic rings. The van der Waals surface area contributed by atoms with Crippen LogP contribution >= 0.6 is 12.4 Å². The first-order chi connectivity index (χ1) is 3.18. The first-order valence-corrected chi connectivity index (χ1v) is 2.55. The van der Waals surface area contributed by atoms with E-state index in [0.717, 1.165) is 0 Å². The molecule has 8 heavy (non-hydrogen) atoms. The Kier molecular flexibility index (Phi) is 7.40. The van der Waals surface area contributed by atoms with Gasteiger partial charge in [-0.3, -0.25) is 0 Å². The molecule has 0 amide bonds. The predicted octanol–water partition coefficient (Wildman–Crippen LogP) is 0.384. The fourth-order valence-electron chi connectivity index (χ4n) is 0.211. The smallest absolute Gasteiger partial charge is 0.0585 e. The highest BCUT2D eigenvalue weighted by atomic mass is 35.5. The van der Waals surface area contributed by atoms with Gasteiger partial charge in [-0.05, 0) is 5.92 Å². The average molecular weight is 140 g/mol. The van der Waals surface area contributed by atoms with Crippen molar-refractivity contribution in [1.82, 2.24) is 0 Å². The number of nitrogens with two attached hydrogens (primary N) is 1. The summed E-state index contributed by atoms with van der Waals surface area (Å²) < 4.78 is 0. The normalized spacial score (nSPS) is 13.1. The van der Waals surface area contributed by atoms with Crippen molar-refractivity contribution in [1.29, 1.82) is 0 Å². The van der Waals surface area contributed by atoms with Gasteiger partial charge in [0.15, 0.2) is 0 Å². The van der Waals surface area contributed by atoms with E-state index in [4.69, 9.17) is 10.8 Å². The van der Waals surface area contributed by atoms with Crippen LogP contribution in [0.25, 0.3) is 0 Å². The monoisotopic (exact) mass is 139 g/mol. The second-order valence-corrected chi connectivity index (χ2v) is 2.09. The molecule has 0 rings (SSSR count). The van der Waals surface area contributed by atoms with E-state index in [1.54, 1.807) is 0 Å². The number of rotatable bonds is 2. The van der Waals surface area contributed by atoms with Gasteiger partial charge in [0.25, 0.3) is 0 Å². The topological polar surface area (TPSA) is 46.2 Å². The van der Waals surface area contributed by atoms with Crippen LogP contribution in [0, 0.1) is 5.92 Å². The van der Waals surface area contributed by atoms with Gasteiger partial charge in [-0.2, -0.15) is 0 Å². The van der Waals surface area contributed by atoms with Crippen molar-refractivity contribution >= 4 is 12.4 Å². The van der Waals surface area contributed by atoms with Crippen LogP contribution < -0.4 is 5.73 Å². The molecule has 1 atom stereocenters. The van der Waals surface area contributed by atoms with Gasteiger partial charge >= 0.3 is 0 Å². The molecule has 3 heteroatoms. The van der Waals surface area contributed by atoms with Gasteiger partial charge in [-0.1, -0.05) is 13.8 Å². The van der Waals surface area contributed by atoms with Crippen LogP contribution in [0.3, 0.4) is 0 Å². The molecule has 0 radical (unpaired) electrons. The Balaban J connectivity index is 0. The third kappa shape index (κ3) is 4.37. The quantitative estimate of drug-likeness (QED) is 0.581. The first-order valence-electron chi connectivity index (χ1n) is 2.55. The number of hydrogen-bond acceptors (Lipinski definition) is 2. The summed E-state index contributed by atoms with van der Waals surface area (Å²) in [4.78, 5) is 0. The molecule has 0 aromatic carbocycles. The maximum absolute atomic E-state index is 8.38. The second-order valence-electron chi connectivity index (χ2n) is 2.09. The van der Waals surface area contributed by atoms with E-state index in [1.165, 1.54) is 0 Å². The minimum absolute atomic E-state index is 0. The van der Waals surface area contributed by atoms with E-state index in [1.807, 2.05) is 13.8 Å². The van der Waals surface area contributed by atoms with E-state index in [2.05, 4.69) is 0 Å². The molecule has 0 saturated heterocycles. The molecule has 0 spiro atoms. The third-order valence-electron chi connectivity index (χ3n) is 1.07. The van der Waals surface area contributed by atoms with Crippen molar-refractivity contribution < 1.29 is 5.11 Å². The lowest BCUT2D eigenvalue weighted by Crippen LogP contribution is -2.29. The minimum atomic E-state index is -0.0417. The van der Waals surface area contributed by atoms with E-state index in [0.29, 0.717) is 5.92 Å². The summed E-state index contributed by atoms with van der Waals surface area (Å²) in [7, 11) is 0. The zero-order valence-electron chi connectivity index (χ0n) is 5.29. The molecule has 0 saturated carbocycles. The van der Waals surface area contributed by atoms with Crippen LogP contribution in [0.15, 0.2) is 0 Å². The SMILES string of the molecule is CC(C)C(N)CO.Cl. The fourth-order valence-corrected chi connectivity index (χ4v) is 0.211. The number of halogens is 1. The Morgan fingerprint density at radius 1 is 1.50 bits per heavy atom. The van der Waals surface area contributed by atoms with Crippen LogP contribution in [-0.2, 0) is 0 Å². The lowest BCUT2D eigenvalue weighted by molar-refractivity contribution is 0.238. The summed E-state index contributed by atoms with van der Waals surface area (Å²) in [6.07, 6.45) is 0. The lowest BCUT2D eigenvalue weighted by Gasteiger charge is -2.10. The maximum Gasteiger partial charge on any atom is 0.0585 e. The van der Waals surface area contributed by atoms with Gasteiger partial charge in [0.05, 0.1) is 6.61 Å². The van der Waals surface area contributed by atoms with Crippen LogP contribution in [0.1, 0.15) is 13.8 Å². The summed E-state index contributed by atoms with van der Waals surface area (Å²) >= 11 is 0. The molecule has 52 valence electrons. The van der Waals surface area contributed by atoms with E-state index >= 15 is 0 Å². The van der Waals surface area contributed by atoms with Crippen LogP contribution in [0.5, 0.6) is 0 Å². The van der Waals surface area contributed by atoms with Crippen LogP contribution in [0.4, 0.5) is 0 Å². The van der Waals surface area contributed by atoms with Crippen molar-refractivity contribution in [3.8, 4) is 0 Å². The predicted molar refractivity (Wildman–Crippen MR) is 37.1 cm³/mol. The molecule has 0 aromatic heterocycles. The molecule has 2 nitrogen and oxygen atoms in total. The van der Waals surface area contributed by atoms with Crippen molar-refractivity contribution in [2.24, 2.45) is 11.7 Å². The zero-order valence-corrected chi connectivity index (χ0v) is 6.11. The lowest BCUT2D eigenvalue weighted by atomic mass is 10.1. The van der Waals surface area contributed by atoms with Gasteiger partial charge in [0.1, 0.15) is 0 Å². The molecule has 0 fully saturated rings. The Morgan fingerprint density at radius 2 is 1.88 bits per heavy atom. The van der Waals surface area contributed by atoms with Crippen molar-refractivity contribution in [3.05, 3.63) is 0 Å². The average Bonchev–Trinajstić information content (AvgIpc) is 1.65. The summed E-state index contributed by atoms with van der Waals surface area (Å²) in [5, 5.41) is 8.38. The summed E-state index contributed by atoms with van der Waals surface area (Å²) in [5.74, 6) is 0.394. The largest absolute Gasteiger partial charge is 0.395 e. The Morgan fingerprint density at radius 3 is 1.88 bits per heavy atom. The molecule has 0 bridgehead atoms. The molecule has 0 heterocycles. The van der Waals surface area contributed by atoms with Crippen LogP contribution in [0.2, 0.25) is 0 Å². The molecule has 0 aliphatic rings. The summed E-state index contributed by atoms with van der Waals surface area (Å²) in [6, 6.07) is -0.0417.